The van der Waals surface area contributed by atoms with E-state index < -0.39 is 0 Å². The Morgan fingerprint density at radius 3 is 2.59 bits per heavy atom. The first kappa shape index (κ1) is 16.6. The third-order valence-corrected chi connectivity index (χ3v) is 4.51. The molecule has 0 amide bonds. The van der Waals surface area contributed by atoms with Crippen molar-refractivity contribution in [1.82, 2.24) is 14.6 Å². The molecule has 2 aromatic carbocycles. The molecule has 0 saturated heterocycles. The average Bonchev–Trinajstić information content (AvgIpc) is 3.13. The van der Waals surface area contributed by atoms with Gasteiger partial charge in [0.1, 0.15) is 5.69 Å². The number of nitrogens with two attached hydrogens (primary N) is 1. The fourth-order valence-electron chi connectivity index (χ4n) is 3.13. The van der Waals surface area contributed by atoms with Crippen LogP contribution in [0.4, 0.5) is 5.88 Å². The summed E-state index contributed by atoms with van der Waals surface area (Å²) in [4.78, 5) is 13.2. The van der Waals surface area contributed by atoms with Gasteiger partial charge in [0.15, 0.2) is 0 Å². The van der Waals surface area contributed by atoms with Gasteiger partial charge in [0.05, 0.1) is 11.3 Å². The number of hydrogen-bond acceptors (Lipinski definition) is 5. The Bertz CT molecular complexity index is 1190. The molecular weight excluding hydrogens is 346 g/mol. The predicted octanol–water partition coefficient (Wildman–Crippen LogP) is 1.07. The first-order chi connectivity index (χ1) is 13.0. The van der Waals surface area contributed by atoms with Gasteiger partial charge >= 0.3 is 22.8 Å². The monoisotopic (exact) mass is 363 g/mol. The Labute approximate surface area is 154 Å². The van der Waals surface area contributed by atoms with E-state index in [1.807, 2.05) is 37.3 Å². The molecule has 0 atom stereocenters. The summed E-state index contributed by atoms with van der Waals surface area (Å²) in [5.74, 6) is -0.152. The summed E-state index contributed by atoms with van der Waals surface area (Å²) in [6.07, 6.45) is 0. The van der Waals surface area contributed by atoms with Crippen molar-refractivity contribution in [2.75, 3.05) is 5.73 Å². The lowest BCUT2D eigenvalue weighted by atomic mass is 10.1. The largest absolute Gasteiger partial charge is 0.872 e. The fourth-order valence-corrected chi connectivity index (χ4v) is 3.13. The molecule has 0 fully saturated rings. The normalized spacial score (nSPS) is 11.0. The molecule has 0 radical (unpaired) electrons. The molecule has 0 bridgehead atoms. The molecule has 0 unspecified atom stereocenters. The van der Waals surface area contributed by atoms with Crippen molar-refractivity contribution >= 4 is 5.88 Å². The third-order valence-electron chi connectivity index (χ3n) is 4.51. The second-order valence-corrected chi connectivity index (χ2v) is 6.14. The van der Waals surface area contributed by atoms with Crippen LogP contribution >= 0.6 is 0 Å². The molecule has 2 N–H and O–H groups in total. The number of para-hydroxylation sites is 1. The first-order valence-corrected chi connectivity index (χ1v) is 8.28. The summed E-state index contributed by atoms with van der Waals surface area (Å²) in [6.45, 7) is 1.81. The Balaban J connectivity index is 1.99. The van der Waals surface area contributed by atoms with Crippen LogP contribution < -0.4 is 21.1 Å². The highest BCUT2D eigenvalue weighted by molar-refractivity contribution is 5.67. The van der Waals surface area contributed by atoms with Crippen molar-refractivity contribution in [2.45, 2.75) is 6.92 Å². The Morgan fingerprint density at radius 2 is 1.89 bits per heavy atom. The molecule has 0 saturated carbocycles. The van der Waals surface area contributed by atoms with Crippen molar-refractivity contribution in [2.24, 2.45) is 7.05 Å². The lowest BCUT2D eigenvalue weighted by Gasteiger charge is -2.06. The summed E-state index contributed by atoms with van der Waals surface area (Å²) in [5, 5.41) is 15.7. The van der Waals surface area contributed by atoms with Crippen molar-refractivity contribution in [3.8, 4) is 28.4 Å². The first-order valence-electron chi connectivity index (χ1n) is 8.28. The smallest absolute Gasteiger partial charge is 0.346 e. The molecule has 2 aromatic heterocycles. The van der Waals surface area contributed by atoms with Crippen LogP contribution in [0.3, 0.4) is 0 Å². The second-order valence-electron chi connectivity index (χ2n) is 6.14. The zero-order valence-corrected chi connectivity index (χ0v) is 14.8. The molecule has 136 valence electrons. The highest BCUT2D eigenvalue weighted by Crippen LogP contribution is 2.25. The van der Waals surface area contributed by atoms with Crippen LogP contribution in [0.15, 0.2) is 63.9 Å². The van der Waals surface area contributed by atoms with Crippen LogP contribution in [-0.4, -0.2) is 14.6 Å². The molecule has 0 aliphatic rings. The molecule has 0 spiro atoms. The van der Waals surface area contributed by atoms with Gasteiger partial charge in [-0.2, -0.15) is 0 Å². The van der Waals surface area contributed by atoms with Crippen LogP contribution in [0, 0.1) is 6.92 Å². The van der Waals surface area contributed by atoms with Gasteiger partial charge in [-0.05, 0) is 25.1 Å². The van der Waals surface area contributed by atoms with E-state index in [2.05, 4.69) is 5.27 Å². The highest BCUT2D eigenvalue weighted by Gasteiger charge is 2.34. The van der Waals surface area contributed by atoms with E-state index in [1.54, 1.807) is 23.9 Å². The minimum atomic E-state index is -0.279. The van der Waals surface area contributed by atoms with Gasteiger partial charge in [-0.15, -0.1) is 5.75 Å². The summed E-state index contributed by atoms with van der Waals surface area (Å²) in [6, 6.07) is 15.5. The summed E-state index contributed by atoms with van der Waals surface area (Å²) >= 11 is 0. The zero-order valence-electron chi connectivity index (χ0n) is 14.8. The summed E-state index contributed by atoms with van der Waals surface area (Å²) in [5.41, 5.74) is 8.24. The van der Waals surface area contributed by atoms with E-state index in [9.17, 15) is 9.90 Å². The summed E-state index contributed by atoms with van der Waals surface area (Å²) < 4.78 is 9.76. The number of benzene rings is 2. The van der Waals surface area contributed by atoms with E-state index in [-0.39, 0.29) is 17.2 Å². The number of anilines is 1. The van der Waals surface area contributed by atoms with Gasteiger partial charge in [-0.3, -0.25) is 14.0 Å². The molecular formula is C19H17N5O3. The van der Waals surface area contributed by atoms with Gasteiger partial charge in [0.2, 0.25) is 5.27 Å². The number of aromatic nitrogens is 4. The second kappa shape index (κ2) is 6.17. The van der Waals surface area contributed by atoms with Crippen LogP contribution in [0.2, 0.25) is 0 Å². The Hall–Kier alpha value is -3.81. The van der Waals surface area contributed by atoms with E-state index >= 15 is 0 Å². The van der Waals surface area contributed by atoms with E-state index in [0.29, 0.717) is 22.6 Å². The van der Waals surface area contributed by atoms with Gasteiger partial charge < -0.3 is 10.8 Å². The van der Waals surface area contributed by atoms with Gasteiger partial charge in [0, 0.05) is 11.7 Å². The summed E-state index contributed by atoms with van der Waals surface area (Å²) in [7, 11) is 1.79. The molecule has 2 heterocycles. The minimum absolute atomic E-state index is 0.0227. The maximum absolute atomic E-state index is 13.2. The van der Waals surface area contributed by atoms with Crippen LogP contribution in [-0.2, 0) is 7.05 Å². The number of rotatable bonds is 3. The molecule has 0 aliphatic carbocycles. The Morgan fingerprint density at radius 1 is 1.15 bits per heavy atom. The maximum Gasteiger partial charge on any atom is 0.346 e. The minimum Gasteiger partial charge on any atom is -0.872 e. The van der Waals surface area contributed by atoms with E-state index in [4.69, 9.17) is 10.3 Å². The fraction of sp³-hybridized carbons (Fsp3) is 0.105. The number of nitrogen functional groups attached to an aromatic ring is 1. The lowest BCUT2D eigenvalue weighted by molar-refractivity contribution is -0.661. The Kier molecular flexibility index (Phi) is 3.80. The third kappa shape index (κ3) is 2.58. The lowest BCUT2D eigenvalue weighted by Crippen LogP contribution is -2.40. The molecule has 8 nitrogen and oxygen atoms in total. The van der Waals surface area contributed by atoms with Gasteiger partial charge in [-0.25, -0.2) is 4.68 Å². The van der Waals surface area contributed by atoms with Crippen molar-refractivity contribution < 1.29 is 14.3 Å². The quantitative estimate of drug-likeness (QED) is 0.548. The predicted molar refractivity (Wildman–Crippen MR) is 96.6 cm³/mol. The van der Waals surface area contributed by atoms with Crippen molar-refractivity contribution in [3.05, 3.63) is 70.6 Å². The SMILES string of the molecule is Cc1c(-[n+]2noc(N)c2-c2cccc([O-])c2)c(=O)n(-c2ccccc2)n1C. The van der Waals surface area contributed by atoms with Crippen LogP contribution in [0.5, 0.6) is 5.75 Å². The highest BCUT2D eigenvalue weighted by atomic mass is 16.5. The van der Waals surface area contributed by atoms with Crippen LogP contribution in [0.1, 0.15) is 5.69 Å². The van der Waals surface area contributed by atoms with Crippen molar-refractivity contribution in [3.63, 3.8) is 0 Å². The van der Waals surface area contributed by atoms with Gasteiger partial charge in [0.25, 0.3) is 0 Å². The molecule has 4 rings (SSSR count). The number of nitrogens with zero attached hydrogens (tertiary/aromatic N) is 4. The average molecular weight is 363 g/mol. The van der Waals surface area contributed by atoms with E-state index in [0.717, 1.165) is 5.69 Å². The van der Waals surface area contributed by atoms with E-state index in [1.165, 1.54) is 21.5 Å². The molecule has 8 heteroatoms. The standard InChI is InChI=1S/C19H17N5O3/c1-12-16(19(26)24(22(12)2)14-8-4-3-5-9-14)23-17(18(20)27-21-23)13-7-6-10-15(25)11-13/h3-11H,1-2H3,(H2-,20,21,25). The molecule has 0 aliphatic heterocycles. The molecule has 27 heavy (non-hydrogen) atoms. The van der Waals surface area contributed by atoms with Gasteiger partial charge in [-0.1, -0.05) is 36.4 Å². The van der Waals surface area contributed by atoms with Crippen LogP contribution in [0.25, 0.3) is 22.6 Å². The van der Waals surface area contributed by atoms with Crippen molar-refractivity contribution in [1.29, 1.82) is 0 Å². The molecule has 4 aromatic rings. The number of hydrogen-bond donors (Lipinski definition) is 1. The maximum atomic E-state index is 13.2. The topological polar surface area (TPSA) is 106 Å². The zero-order chi connectivity index (χ0) is 19.1.